The number of methoxy groups -OCH3 is 1. The fourth-order valence-corrected chi connectivity index (χ4v) is 6.63. The van der Waals surface area contributed by atoms with Crippen LogP contribution in [0.1, 0.15) is 66.1 Å². The molecular weight excluding hydrogens is 480 g/mol. The first-order valence-corrected chi connectivity index (χ1v) is 12.9. The van der Waals surface area contributed by atoms with E-state index in [0.29, 0.717) is 28.8 Å². The normalized spacial score (nSPS) is 27.8. The van der Waals surface area contributed by atoms with Crippen LogP contribution in [-0.2, 0) is 16.1 Å². The Morgan fingerprint density at radius 1 is 1.16 bits per heavy atom. The van der Waals surface area contributed by atoms with Gasteiger partial charge in [-0.2, -0.15) is 0 Å². The zero-order valence-electron chi connectivity index (χ0n) is 20.5. The minimum atomic E-state index is -0.659. The Hall–Kier alpha value is -3.33. The molecule has 9 heteroatoms. The molecule has 1 saturated heterocycles. The molecule has 1 aromatic carbocycles. The predicted octanol–water partition coefficient (Wildman–Crippen LogP) is 5.40. The quantitative estimate of drug-likeness (QED) is 0.313. The van der Waals surface area contributed by atoms with Gasteiger partial charge in [0.2, 0.25) is 0 Å². The molecule has 3 aromatic rings. The number of carbonyl (C=O) groups excluding carboxylic acids is 1. The van der Waals surface area contributed by atoms with Crippen LogP contribution in [0.4, 0.5) is 14.6 Å². The number of anilines is 1. The molecule has 37 heavy (non-hydrogen) atoms. The first-order valence-electron chi connectivity index (χ1n) is 12.9. The number of pyridine rings is 1. The summed E-state index contributed by atoms with van der Waals surface area (Å²) in [5.74, 6) is 0.584. The lowest BCUT2D eigenvalue weighted by Crippen LogP contribution is -2.46. The third kappa shape index (κ3) is 3.50. The minimum absolute atomic E-state index is 0.0167. The smallest absolute Gasteiger partial charge is 0.339 e. The number of esters is 1. The molecular formula is C28H27F2N3O4. The van der Waals surface area contributed by atoms with Crippen molar-refractivity contribution in [1.29, 1.82) is 0 Å². The van der Waals surface area contributed by atoms with Gasteiger partial charge in [0.25, 0.3) is 0 Å². The summed E-state index contributed by atoms with van der Waals surface area (Å²) in [6.45, 7) is 0.210. The average molecular weight is 508 g/mol. The third-order valence-corrected chi connectivity index (χ3v) is 8.75. The van der Waals surface area contributed by atoms with Crippen molar-refractivity contribution in [3.8, 4) is 11.3 Å². The molecule has 2 aromatic heterocycles. The molecule has 4 atom stereocenters. The van der Waals surface area contributed by atoms with Crippen LogP contribution in [-0.4, -0.2) is 40.9 Å². The summed E-state index contributed by atoms with van der Waals surface area (Å²) in [5.41, 5.74) is 1.27. The molecule has 1 aliphatic heterocycles. The number of ether oxygens (including phenoxy) is 2. The van der Waals surface area contributed by atoms with Crippen LogP contribution in [0.25, 0.3) is 11.3 Å². The van der Waals surface area contributed by atoms with E-state index < -0.39 is 17.6 Å². The van der Waals surface area contributed by atoms with Crippen LogP contribution < -0.4 is 4.90 Å². The molecule has 3 heterocycles. The van der Waals surface area contributed by atoms with Gasteiger partial charge in [0.05, 0.1) is 42.5 Å². The van der Waals surface area contributed by atoms with Gasteiger partial charge in [-0.1, -0.05) is 11.2 Å². The zero-order valence-corrected chi connectivity index (χ0v) is 20.5. The van der Waals surface area contributed by atoms with Crippen LogP contribution in [0.15, 0.2) is 41.1 Å². The number of carbonyl (C=O) groups is 1. The Morgan fingerprint density at radius 2 is 1.97 bits per heavy atom. The molecule has 7 rings (SSSR count). The lowest BCUT2D eigenvalue weighted by molar-refractivity contribution is -0.0160. The van der Waals surface area contributed by atoms with Crippen molar-refractivity contribution >= 4 is 11.8 Å². The highest BCUT2D eigenvalue weighted by Crippen LogP contribution is 2.65. The average Bonchev–Trinajstić information content (AvgIpc) is 3.81. The van der Waals surface area contributed by atoms with E-state index in [-0.39, 0.29) is 35.4 Å². The minimum Gasteiger partial charge on any atom is -0.465 e. The van der Waals surface area contributed by atoms with Gasteiger partial charge in [-0.05, 0) is 68.7 Å². The van der Waals surface area contributed by atoms with Crippen molar-refractivity contribution in [2.75, 3.05) is 12.0 Å². The molecule has 0 bridgehead atoms. The standard InChI is InChI=1S/C28H27F2N3O4/c1-35-27(34)16-7-8-23(31-13-16)33-22-12-18(11-17-9-10-28(17,22)33)36-14-19-25(32-37-26(19)15-5-6-15)24-20(29)3-2-4-21(24)30/h2-4,7-8,13,15,17-18,22H,5-6,9-12,14H2,1H3/t17-,18?,22?,28?,33?/m0/s1. The fourth-order valence-electron chi connectivity index (χ4n) is 6.63. The second-order valence-electron chi connectivity index (χ2n) is 10.7. The first kappa shape index (κ1) is 22.8. The number of hydrogen-bond donors (Lipinski definition) is 0. The van der Waals surface area contributed by atoms with Crippen molar-refractivity contribution in [3.63, 3.8) is 0 Å². The van der Waals surface area contributed by atoms with Gasteiger partial charge in [-0.15, -0.1) is 0 Å². The molecule has 0 amide bonds. The fraction of sp³-hybridized carbons (Fsp3) is 0.464. The highest BCUT2D eigenvalue weighted by Gasteiger charge is 2.73. The van der Waals surface area contributed by atoms with Gasteiger partial charge in [-0.3, -0.25) is 0 Å². The van der Waals surface area contributed by atoms with Gasteiger partial charge < -0.3 is 18.9 Å². The van der Waals surface area contributed by atoms with Gasteiger partial charge in [-0.25, -0.2) is 18.6 Å². The maximum absolute atomic E-state index is 14.6. The topological polar surface area (TPSA) is 77.5 Å². The van der Waals surface area contributed by atoms with Crippen molar-refractivity contribution in [2.24, 2.45) is 5.92 Å². The molecule has 192 valence electrons. The Labute approximate surface area is 212 Å². The van der Waals surface area contributed by atoms with E-state index in [0.717, 1.165) is 44.3 Å². The summed E-state index contributed by atoms with van der Waals surface area (Å²) in [6.07, 6.45) is 7.60. The zero-order chi connectivity index (χ0) is 25.3. The molecule has 3 aliphatic carbocycles. The second-order valence-corrected chi connectivity index (χ2v) is 10.7. The molecule has 1 spiro atoms. The van der Waals surface area contributed by atoms with E-state index in [1.54, 1.807) is 12.3 Å². The second kappa shape index (κ2) is 8.34. The summed E-state index contributed by atoms with van der Waals surface area (Å²) in [6, 6.07) is 7.79. The maximum atomic E-state index is 14.6. The lowest BCUT2D eigenvalue weighted by Gasteiger charge is -2.42. The van der Waals surface area contributed by atoms with Crippen LogP contribution >= 0.6 is 0 Å². The maximum Gasteiger partial charge on any atom is 0.339 e. The van der Waals surface area contributed by atoms with E-state index in [1.807, 2.05) is 6.07 Å². The summed E-state index contributed by atoms with van der Waals surface area (Å²) < 4.78 is 46.0. The van der Waals surface area contributed by atoms with Crippen LogP contribution in [0, 0.1) is 17.6 Å². The van der Waals surface area contributed by atoms with Crippen molar-refractivity contribution in [2.45, 2.75) is 68.7 Å². The predicted molar refractivity (Wildman–Crippen MR) is 129 cm³/mol. The first-order chi connectivity index (χ1) is 18.0. The number of rotatable bonds is 7. The summed E-state index contributed by atoms with van der Waals surface area (Å²) in [4.78, 5) is 18.7. The molecule has 3 unspecified atom stereocenters. The van der Waals surface area contributed by atoms with Crippen molar-refractivity contribution < 1.29 is 27.6 Å². The number of halogens is 2. The van der Waals surface area contributed by atoms with E-state index in [4.69, 9.17) is 14.0 Å². The third-order valence-electron chi connectivity index (χ3n) is 8.75. The van der Waals surface area contributed by atoms with Crippen LogP contribution in [0.5, 0.6) is 0 Å². The van der Waals surface area contributed by atoms with Crippen LogP contribution in [0.2, 0.25) is 0 Å². The van der Waals surface area contributed by atoms with Gasteiger partial charge in [0.1, 0.15) is 28.9 Å². The highest BCUT2D eigenvalue weighted by molar-refractivity contribution is 5.89. The largest absolute Gasteiger partial charge is 0.465 e. The van der Waals surface area contributed by atoms with Crippen molar-refractivity contribution in [1.82, 2.24) is 10.1 Å². The molecule has 7 nitrogen and oxygen atoms in total. The number of nitrogens with zero attached hydrogens (tertiary/aromatic N) is 3. The molecule has 3 saturated carbocycles. The van der Waals surface area contributed by atoms with E-state index in [1.165, 1.54) is 25.3 Å². The van der Waals surface area contributed by atoms with E-state index >= 15 is 0 Å². The monoisotopic (exact) mass is 507 g/mol. The summed E-state index contributed by atoms with van der Waals surface area (Å²) in [7, 11) is 1.36. The Balaban J connectivity index is 1.10. The Kier molecular flexibility index (Phi) is 5.15. The van der Waals surface area contributed by atoms with Gasteiger partial charge >= 0.3 is 5.97 Å². The molecule has 4 aliphatic rings. The molecule has 4 fully saturated rings. The van der Waals surface area contributed by atoms with Gasteiger partial charge in [0.15, 0.2) is 0 Å². The molecule has 0 N–H and O–H groups in total. The Morgan fingerprint density at radius 3 is 2.62 bits per heavy atom. The summed E-state index contributed by atoms with van der Waals surface area (Å²) >= 11 is 0. The van der Waals surface area contributed by atoms with Crippen molar-refractivity contribution in [3.05, 3.63) is 65.1 Å². The SMILES string of the molecule is COC(=O)c1ccc(N2C3CC(OCc4c(-c5c(F)cccc5F)noc4C4CC4)C[C@@H]4CCC342)nc1. The number of hydrogen-bond acceptors (Lipinski definition) is 7. The van der Waals surface area contributed by atoms with E-state index in [2.05, 4.69) is 15.0 Å². The highest BCUT2D eigenvalue weighted by atomic mass is 19.1. The number of benzene rings is 1. The van der Waals surface area contributed by atoms with Gasteiger partial charge in [0, 0.05) is 17.7 Å². The summed E-state index contributed by atoms with van der Waals surface area (Å²) in [5, 5.41) is 4.09. The Bertz CT molecular complexity index is 1350. The molecule has 0 radical (unpaired) electrons. The number of aromatic nitrogens is 2. The van der Waals surface area contributed by atoms with E-state index in [9.17, 15) is 13.6 Å². The lowest BCUT2D eigenvalue weighted by atomic mass is 9.64. The van der Waals surface area contributed by atoms with Crippen LogP contribution in [0.3, 0.4) is 0 Å².